The van der Waals surface area contributed by atoms with Gasteiger partial charge >= 0.3 is 0 Å². The summed E-state index contributed by atoms with van der Waals surface area (Å²) in [6.45, 7) is 8.00. The van der Waals surface area contributed by atoms with E-state index in [1.807, 2.05) is 27.7 Å². The van der Waals surface area contributed by atoms with Crippen LogP contribution in [0.4, 0.5) is 0 Å². The minimum atomic E-state index is 1.21. The van der Waals surface area contributed by atoms with Gasteiger partial charge in [0.05, 0.1) is 0 Å². The van der Waals surface area contributed by atoms with Crippen molar-refractivity contribution >= 4 is 0 Å². The third kappa shape index (κ3) is 2.00. The fourth-order valence-corrected chi connectivity index (χ4v) is 1.56. The van der Waals surface area contributed by atoms with E-state index < -0.39 is 0 Å². The first-order valence-corrected chi connectivity index (χ1v) is 4.97. The normalized spacial score (nSPS) is 32.4. The number of hydrogen-bond donors (Lipinski definition) is 0. The quantitative estimate of drug-likeness (QED) is 0.482. The van der Waals surface area contributed by atoms with E-state index in [1.165, 1.54) is 11.8 Å². The highest BCUT2D eigenvalue weighted by Gasteiger charge is 2.37. The first-order chi connectivity index (χ1) is 4.97. The van der Waals surface area contributed by atoms with Gasteiger partial charge in [0.25, 0.3) is 0 Å². The SMILES string of the molecule is C1CC2CCC12.CC.CC. The van der Waals surface area contributed by atoms with Crippen molar-refractivity contribution in [3.05, 3.63) is 0 Å². The zero-order valence-corrected chi connectivity index (χ0v) is 7.98. The predicted molar refractivity (Wildman–Crippen MR) is 48.1 cm³/mol. The summed E-state index contributed by atoms with van der Waals surface area (Å²) in [5.74, 6) is 2.43. The molecule has 0 nitrogen and oxygen atoms in total. The summed E-state index contributed by atoms with van der Waals surface area (Å²) in [7, 11) is 0. The van der Waals surface area contributed by atoms with Crippen LogP contribution in [0.1, 0.15) is 53.4 Å². The first-order valence-electron chi connectivity index (χ1n) is 4.97. The van der Waals surface area contributed by atoms with Gasteiger partial charge in [-0.2, -0.15) is 0 Å². The van der Waals surface area contributed by atoms with Crippen molar-refractivity contribution in [2.75, 3.05) is 0 Å². The lowest BCUT2D eigenvalue weighted by molar-refractivity contribution is 0.0548. The largest absolute Gasteiger partial charge is 0.0683 e. The molecule has 62 valence electrons. The van der Waals surface area contributed by atoms with Crippen LogP contribution in [0.25, 0.3) is 0 Å². The van der Waals surface area contributed by atoms with E-state index in [-0.39, 0.29) is 0 Å². The van der Waals surface area contributed by atoms with Crippen LogP contribution in [-0.2, 0) is 0 Å². The summed E-state index contributed by atoms with van der Waals surface area (Å²) in [4.78, 5) is 0. The smallest absolute Gasteiger partial charge is 0.0386 e. The van der Waals surface area contributed by atoms with Crippen molar-refractivity contribution in [2.24, 2.45) is 11.8 Å². The van der Waals surface area contributed by atoms with Crippen molar-refractivity contribution in [1.29, 1.82) is 0 Å². The van der Waals surface area contributed by atoms with Crippen molar-refractivity contribution in [3.63, 3.8) is 0 Å². The Hall–Kier alpha value is 0. The maximum absolute atomic E-state index is 2.00. The molecule has 0 radical (unpaired) electrons. The third-order valence-electron chi connectivity index (χ3n) is 2.48. The number of hydrogen-bond acceptors (Lipinski definition) is 0. The van der Waals surface area contributed by atoms with E-state index in [0.717, 1.165) is 0 Å². The molecule has 0 aromatic carbocycles. The molecule has 0 aromatic rings. The molecule has 2 aliphatic carbocycles. The molecule has 0 bridgehead atoms. The van der Waals surface area contributed by atoms with Crippen LogP contribution in [-0.4, -0.2) is 0 Å². The third-order valence-corrected chi connectivity index (χ3v) is 2.48. The second-order valence-corrected chi connectivity index (χ2v) is 2.67. The molecule has 2 rings (SSSR count). The number of fused-ring (bicyclic) bond motifs is 1. The fourth-order valence-electron chi connectivity index (χ4n) is 1.56. The lowest BCUT2D eigenvalue weighted by Crippen LogP contribution is -2.34. The van der Waals surface area contributed by atoms with Crippen LogP contribution in [0, 0.1) is 11.8 Å². The van der Waals surface area contributed by atoms with E-state index in [2.05, 4.69) is 0 Å². The van der Waals surface area contributed by atoms with Crippen molar-refractivity contribution in [3.8, 4) is 0 Å². The molecule has 0 spiro atoms. The Morgan fingerprint density at radius 2 is 0.800 bits per heavy atom. The van der Waals surface area contributed by atoms with Crippen LogP contribution in [0.2, 0.25) is 0 Å². The van der Waals surface area contributed by atoms with Gasteiger partial charge in [-0.05, 0) is 37.5 Å². The molecule has 0 unspecified atom stereocenters. The summed E-state index contributed by atoms with van der Waals surface area (Å²) in [6, 6.07) is 0. The zero-order chi connectivity index (χ0) is 7.98. The zero-order valence-electron chi connectivity index (χ0n) is 7.98. The van der Waals surface area contributed by atoms with Gasteiger partial charge < -0.3 is 0 Å². The van der Waals surface area contributed by atoms with E-state index in [0.29, 0.717) is 0 Å². The van der Waals surface area contributed by atoms with Crippen LogP contribution in [0.5, 0.6) is 0 Å². The summed E-state index contributed by atoms with van der Waals surface area (Å²) in [5.41, 5.74) is 0. The molecule has 0 heterocycles. The summed E-state index contributed by atoms with van der Waals surface area (Å²) >= 11 is 0. The van der Waals surface area contributed by atoms with Gasteiger partial charge in [0, 0.05) is 0 Å². The monoisotopic (exact) mass is 142 g/mol. The average molecular weight is 142 g/mol. The van der Waals surface area contributed by atoms with Gasteiger partial charge in [0.15, 0.2) is 0 Å². The molecule has 0 aromatic heterocycles. The van der Waals surface area contributed by atoms with Gasteiger partial charge in [-0.1, -0.05) is 27.7 Å². The molecule has 10 heavy (non-hydrogen) atoms. The van der Waals surface area contributed by atoms with Crippen LogP contribution >= 0.6 is 0 Å². The van der Waals surface area contributed by atoms with E-state index in [1.54, 1.807) is 25.7 Å². The number of rotatable bonds is 0. The van der Waals surface area contributed by atoms with Gasteiger partial charge in [0.2, 0.25) is 0 Å². The average Bonchev–Trinajstić information content (AvgIpc) is 2.04. The molecule has 0 aliphatic heterocycles. The van der Waals surface area contributed by atoms with Crippen LogP contribution in [0.3, 0.4) is 0 Å². The molecular formula is C10H22. The lowest BCUT2D eigenvalue weighted by atomic mass is 9.60. The molecule has 0 amide bonds. The van der Waals surface area contributed by atoms with Gasteiger partial charge in [-0.15, -0.1) is 0 Å². The second kappa shape index (κ2) is 5.76. The maximum atomic E-state index is 2.00. The summed E-state index contributed by atoms with van der Waals surface area (Å²) < 4.78 is 0. The molecule has 0 heteroatoms. The van der Waals surface area contributed by atoms with E-state index in [9.17, 15) is 0 Å². The molecule has 2 saturated carbocycles. The first kappa shape index (κ1) is 10.0. The van der Waals surface area contributed by atoms with Crippen molar-refractivity contribution < 1.29 is 0 Å². The van der Waals surface area contributed by atoms with Crippen LogP contribution < -0.4 is 0 Å². The Morgan fingerprint density at radius 1 is 0.600 bits per heavy atom. The minimum absolute atomic E-state index is 1.21. The fraction of sp³-hybridized carbons (Fsp3) is 1.00. The van der Waals surface area contributed by atoms with Crippen molar-refractivity contribution in [2.45, 2.75) is 53.4 Å². The Kier molecular flexibility index (Phi) is 5.76. The molecule has 0 saturated heterocycles. The molecule has 0 atom stereocenters. The Labute approximate surface area is 66.0 Å². The Balaban J connectivity index is 0.000000180. The summed E-state index contributed by atoms with van der Waals surface area (Å²) in [6.07, 6.45) is 6.24. The molecular weight excluding hydrogens is 120 g/mol. The second-order valence-electron chi connectivity index (χ2n) is 2.67. The Bertz CT molecular complexity index is 48.4. The maximum Gasteiger partial charge on any atom is -0.0386 e. The molecule has 2 aliphatic rings. The summed E-state index contributed by atoms with van der Waals surface area (Å²) in [5, 5.41) is 0. The van der Waals surface area contributed by atoms with E-state index >= 15 is 0 Å². The van der Waals surface area contributed by atoms with Crippen molar-refractivity contribution in [1.82, 2.24) is 0 Å². The van der Waals surface area contributed by atoms with E-state index in [4.69, 9.17) is 0 Å². The highest BCUT2D eigenvalue weighted by atomic mass is 14.4. The Morgan fingerprint density at radius 3 is 0.800 bits per heavy atom. The van der Waals surface area contributed by atoms with Crippen LogP contribution in [0.15, 0.2) is 0 Å². The van der Waals surface area contributed by atoms with Gasteiger partial charge in [0.1, 0.15) is 0 Å². The standard InChI is InChI=1S/C6H10.2C2H6/c1-2-6-4-3-5(1)6;2*1-2/h5-6H,1-4H2;2*1-2H3. The highest BCUT2D eigenvalue weighted by Crippen LogP contribution is 2.49. The lowest BCUT2D eigenvalue weighted by Gasteiger charge is -2.46. The van der Waals surface area contributed by atoms with Gasteiger partial charge in [-0.3, -0.25) is 0 Å². The molecule has 0 N–H and O–H groups in total. The minimum Gasteiger partial charge on any atom is -0.0683 e. The topological polar surface area (TPSA) is 0 Å². The predicted octanol–water partition coefficient (Wildman–Crippen LogP) is 3.86. The van der Waals surface area contributed by atoms with Gasteiger partial charge in [-0.25, -0.2) is 0 Å². The molecule has 2 fully saturated rings. The highest BCUT2D eigenvalue weighted by molar-refractivity contribution is 4.89.